The zero-order valence-corrected chi connectivity index (χ0v) is 20.1. The van der Waals surface area contributed by atoms with E-state index in [1.165, 1.54) is 47.2 Å². The van der Waals surface area contributed by atoms with Crippen molar-refractivity contribution in [3.8, 4) is 0 Å². The molecule has 0 aliphatic rings. The molecule has 0 fully saturated rings. The van der Waals surface area contributed by atoms with Gasteiger partial charge in [0.25, 0.3) is 0 Å². The van der Waals surface area contributed by atoms with Crippen LogP contribution in [0.4, 0.5) is 0 Å². The molecule has 1 N–H and O–H groups in total. The zero-order chi connectivity index (χ0) is 23.4. The Hall–Kier alpha value is -3.99. The molecule has 3 nitrogen and oxygen atoms in total. The van der Waals surface area contributed by atoms with E-state index in [-0.39, 0.29) is 6.17 Å². The van der Waals surface area contributed by atoms with E-state index in [9.17, 15) is 0 Å². The Balaban J connectivity index is 1.51. The average molecular weight is 470 g/mol. The molecule has 7 aromatic rings. The van der Waals surface area contributed by atoms with Crippen molar-refractivity contribution < 1.29 is 0 Å². The predicted molar refractivity (Wildman–Crippen MR) is 152 cm³/mol. The van der Waals surface area contributed by atoms with Gasteiger partial charge >= 0.3 is 0 Å². The number of hydrogen-bond acceptors (Lipinski definition) is 3. The van der Waals surface area contributed by atoms with Gasteiger partial charge in [-0.15, -0.1) is 11.3 Å². The van der Waals surface area contributed by atoms with Crippen molar-refractivity contribution in [3.05, 3.63) is 109 Å². The van der Waals surface area contributed by atoms with Gasteiger partial charge in [0.2, 0.25) is 0 Å². The molecule has 0 aliphatic heterocycles. The van der Waals surface area contributed by atoms with E-state index in [4.69, 9.17) is 4.99 Å². The highest BCUT2D eigenvalue weighted by atomic mass is 32.1. The van der Waals surface area contributed by atoms with E-state index in [1.807, 2.05) is 30.8 Å². The van der Waals surface area contributed by atoms with Crippen LogP contribution in [-0.2, 0) is 0 Å². The normalized spacial score (nSPS) is 13.2. The topological polar surface area (TPSA) is 29.3 Å². The first-order valence-electron chi connectivity index (χ1n) is 11.8. The van der Waals surface area contributed by atoms with Gasteiger partial charge in [-0.1, -0.05) is 78.9 Å². The van der Waals surface area contributed by atoms with Crippen LogP contribution in [0.15, 0.2) is 108 Å². The quantitative estimate of drug-likeness (QED) is 0.205. The molecule has 0 amide bonds. The van der Waals surface area contributed by atoms with E-state index < -0.39 is 0 Å². The molecule has 0 aliphatic carbocycles. The number of nitrogens with one attached hydrogen (secondary N) is 1. The molecule has 2 aromatic heterocycles. The van der Waals surface area contributed by atoms with Gasteiger partial charge in [-0.25, -0.2) is 0 Å². The fourth-order valence-corrected chi connectivity index (χ4v) is 6.47. The Morgan fingerprint density at radius 2 is 1.37 bits per heavy atom. The minimum atomic E-state index is -0.107. The van der Waals surface area contributed by atoms with Crippen molar-refractivity contribution in [1.29, 1.82) is 0 Å². The summed E-state index contributed by atoms with van der Waals surface area (Å²) in [4.78, 5) is 4.95. The van der Waals surface area contributed by atoms with Gasteiger partial charge < -0.3 is 4.57 Å². The highest BCUT2D eigenvalue weighted by Crippen LogP contribution is 2.42. The van der Waals surface area contributed by atoms with Crippen LogP contribution in [0.5, 0.6) is 0 Å². The fraction of sp³-hybridized carbons (Fsp3) is 0.0645. The first-order valence-corrected chi connectivity index (χ1v) is 12.7. The second kappa shape index (κ2) is 8.05. The number of para-hydroxylation sites is 1. The van der Waals surface area contributed by atoms with Crippen LogP contribution in [0.3, 0.4) is 0 Å². The maximum absolute atomic E-state index is 4.95. The number of nitrogens with zero attached hydrogens (tertiary/aromatic N) is 2. The average Bonchev–Trinajstić information content (AvgIpc) is 3.45. The summed E-state index contributed by atoms with van der Waals surface area (Å²) in [6, 6.07) is 36.8. The zero-order valence-electron chi connectivity index (χ0n) is 19.3. The van der Waals surface area contributed by atoms with Gasteiger partial charge in [-0.2, -0.15) is 0 Å². The number of fused-ring (bicyclic) bond motifs is 9. The maximum Gasteiger partial charge on any atom is 0.127 e. The third-order valence-corrected chi connectivity index (χ3v) is 8.07. The second-order valence-corrected chi connectivity index (χ2v) is 9.93. The summed E-state index contributed by atoms with van der Waals surface area (Å²) in [6.07, 6.45) is 1.87. The summed E-state index contributed by atoms with van der Waals surface area (Å²) >= 11 is 1.87. The van der Waals surface area contributed by atoms with Crippen molar-refractivity contribution in [2.75, 3.05) is 7.05 Å². The molecule has 5 aromatic carbocycles. The van der Waals surface area contributed by atoms with Crippen molar-refractivity contribution in [2.45, 2.75) is 6.17 Å². The van der Waals surface area contributed by atoms with E-state index in [0.29, 0.717) is 0 Å². The number of rotatable bonds is 4. The van der Waals surface area contributed by atoms with Crippen LogP contribution in [0, 0.1) is 0 Å². The Morgan fingerprint density at radius 3 is 2.23 bits per heavy atom. The van der Waals surface area contributed by atoms with Crippen LogP contribution in [-0.4, -0.2) is 18.0 Å². The molecule has 0 saturated carbocycles. The molecule has 0 radical (unpaired) electrons. The summed E-state index contributed by atoms with van der Waals surface area (Å²) in [5.41, 5.74) is 3.48. The van der Waals surface area contributed by atoms with Gasteiger partial charge in [0.05, 0.1) is 17.4 Å². The van der Waals surface area contributed by atoms with Gasteiger partial charge in [-0.3, -0.25) is 10.3 Å². The lowest BCUT2D eigenvalue weighted by molar-refractivity contribution is 0.626. The van der Waals surface area contributed by atoms with Gasteiger partial charge in [0.1, 0.15) is 6.17 Å². The lowest BCUT2D eigenvalue weighted by atomic mass is 9.99. The Bertz CT molecular complexity index is 1890. The largest absolute Gasteiger partial charge is 0.300 e. The second-order valence-electron chi connectivity index (χ2n) is 8.85. The first-order chi connectivity index (χ1) is 17.3. The Morgan fingerprint density at radius 1 is 0.657 bits per heavy atom. The van der Waals surface area contributed by atoms with E-state index in [0.717, 1.165) is 11.1 Å². The molecule has 4 heteroatoms. The lowest BCUT2D eigenvalue weighted by Gasteiger charge is -2.12. The van der Waals surface area contributed by atoms with Gasteiger partial charge in [0, 0.05) is 30.9 Å². The highest BCUT2D eigenvalue weighted by molar-refractivity contribution is 7.26. The summed E-state index contributed by atoms with van der Waals surface area (Å²) in [5.74, 6) is 0. The molecule has 1 atom stereocenters. The van der Waals surface area contributed by atoms with Crippen molar-refractivity contribution in [1.82, 2.24) is 9.88 Å². The standard InChI is InChI=1S/C31H23N3S/c1-32-31(20-9-3-2-4-10-20)33-19-34-25-13-7-5-11-23(25)29-21-16-18-28-30(22(21)15-17-26(29)34)24-12-6-8-14-27(24)35-28/h2-19,31-32H,1H3/b33-19+. The number of aliphatic imine (C=N–C) groups is 1. The number of thiophene rings is 1. The minimum Gasteiger partial charge on any atom is -0.300 e. The summed E-state index contributed by atoms with van der Waals surface area (Å²) < 4.78 is 4.90. The first kappa shape index (κ1) is 20.4. The van der Waals surface area contributed by atoms with Crippen molar-refractivity contribution in [2.24, 2.45) is 4.99 Å². The van der Waals surface area contributed by atoms with Gasteiger partial charge in [0.15, 0.2) is 0 Å². The molecule has 168 valence electrons. The third-order valence-electron chi connectivity index (χ3n) is 6.93. The monoisotopic (exact) mass is 469 g/mol. The van der Waals surface area contributed by atoms with Crippen LogP contribution >= 0.6 is 11.3 Å². The van der Waals surface area contributed by atoms with E-state index in [2.05, 4.69) is 107 Å². The summed E-state index contributed by atoms with van der Waals surface area (Å²) in [7, 11) is 1.95. The number of benzene rings is 5. The van der Waals surface area contributed by atoms with Crippen molar-refractivity contribution >= 4 is 70.4 Å². The molecule has 0 bridgehead atoms. The maximum atomic E-state index is 4.95. The molecule has 7 rings (SSSR count). The molecular formula is C31H23N3S. The molecule has 0 saturated heterocycles. The minimum absolute atomic E-state index is 0.107. The number of aromatic nitrogens is 1. The van der Waals surface area contributed by atoms with Crippen molar-refractivity contribution in [3.63, 3.8) is 0 Å². The van der Waals surface area contributed by atoms with Gasteiger partial charge in [-0.05, 0) is 47.6 Å². The smallest absolute Gasteiger partial charge is 0.127 e. The lowest BCUT2D eigenvalue weighted by Crippen LogP contribution is -2.15. The van der Waals surface area contributed by atoms with E-state index in [1.54, 1.807) is 0 Å². The van der Waals surface area contributed by atoms with Crippen LogP contribution < -0.4 is 5.32 Å². The van der Waals surface area contributed by atoms with E-state index >= 15 is 0 Å². The molecule has 35 heavy (non-hydrogen) atoms. The highest BCUT2D eigenvalue weighted by Gasteiger charge is 2.16. The fourth-order valence-electron chi connectivity index (χ4n) is 5.35. The van der Waals surface area contributed by atoms with Crippen LogP contribution in [0.2, 0.25) is 0 Å². The molecule has 1 unspecified atom stereocenters. The third kappa shape index (κ3) is 3.11. The Labute approximate surface area is 206 Å². The molecule has 0 spiro atoms. The summed E-state index contributed by atoms with van der Waals surface area (Å²) in [6.45, 7) is 0. The van der Waals surface area contributed by atoms with Crippen LogP contribution in [0.25, 0.3) is 52.8 Å². The number of hydrogen-bond donors (Lipinski definition) is 1. The SMILES string of the molecule is CNC(/N=C/n1c2ccccc2c2c3ccc4sc5ccccc5c4c3ccc21)c1ccccc1. The predicted octanol–water partition coefficient (Wildman–Crippen LogP) is 8.11. The Kier molecular flexibility index (Phi) is 4.69. The molecule has 2 heterocycles. The molecular weight excluding hydrogens is 446 g/mol. The summed E-state index contributed by atoms with van der Waals surface area (Å²) in [5, 5.41) is 11.1. The van der Waals surface area contributed by atoms with Crippen LogP contribution in [0.1, 0.15) is 11.7 Å².